The molecule has 5 rings (SSSR count). The molecule has 2 heterocycles. The van der Waals surface area contributed by atoms with Gasteiger partial charge in [0.25, 0.3) is 0 Å². The molecule has 3 aromatic rings. The van der Waals surface area contributed by atoms with Gasteiger partial charge >= 0.3 is 0 Å². The fraction of sp³-hybridized carbons (Fsp3) is 0.483. The highest BCUT2D eigenvalue weighted by Crippen LogP contribution is 2.36. The number of nitrogens with one attached hydrogen (secondary N) is 1. The first kappa shape index (κ1) is 29.0. The summed E-state index contributed by atoms with van der Waals surface area (Å²) in [6.07, 6.45) is 2.96. The monoisotopic (exact) mass is 603 g/mol. The summed E-state index contributed by atoms with van der Waals surface area (Å²) in [6.45, 7) is 4.85. The van der Waals surface area contributed by atoms with Gasteiger partial charge in [-0.25, -0.2) is 18.4 Å². The molecule has 214 valence electrons. The highest BCUT2D eigenvalue weighted by atomic mass is 35.5. The Bertz CT molecular complexity index is 1490. The Labute approximate surface area is 246 Å². The van der Waals surface area contributed by atoms with E-state index < -0.39 is 15.9 Å². The summed E-state index contributed by atoms with van der Waals surface area (Å²) in [4.78, 5) is 27.0. The molecule has 1 N–H and O–H groups in total. The molecule has 0 unspecified atom stereocenters. The lowest BCUT2D eigenvalue weighted by Gasteiger charge is -2.44. The minimum Gasteiger partial charge on any atom is -0.358 e. The maximum atomic E-state index is 13.8. The molecule has 1 amide bonds. The van der Waals surface area contributed by atoms with Crippen molar-refractivity contribution in [2.24, 2.45) is 5.92 Å². The summed E-state index contributed by atoms with van der Waals surface area (Å²) >= 11 is 12.4. The molecule has 8 nitrogen and oxygen atoms in total. The van der Waals surface area contributed by atoms with E-state index in [9.17, 15) is 13.2 Å². The van der Waals surface area contributed by atoms with Crippen molar-refractivity contribution in [3.63, 3.8) is 0 Å². The van der Waals surface area contributed by atoms with E-state index in [1.54, 1.807) is 42.5 Å². The van der Waals surface area contributed by atoms with Crippen LogP contribution >= 0.6 is 23.2 Å². The SMILES string of the molecule is CC(C)N(C)[C@@H]1CC[C@H](N2CC[C@H](Nc3nc(Cl)nc4ccc(Cl)cc34)C2=O)[C@@H](CS(=O)(=O)c2ccccc2)C1. The number of fused-ring (bicyclic) bond motifs is 1. The highest BCUT2D eigenvalue weighted by molar-refractivity contribution is 7.91. The number of hydrogen-bond donors (Lipinski definition) is 1. The average Bonchev–Trinajstić information content (AvgIpc) is 3.28. The maximum Gasteiger partial charge on any atom is 0.245 e. The molecule has 2 aromatic carbocycles. The minimum absolute atomic E-state index is 0.0106. The van der Waals surface area contributed by atoms with Gasteiger partial charge in [-0.15, -0.1) is 0 Å². The summed E-state index contributed by atoms with van der Waals surface area (Å²) in [7, 11) is -1.42. The number of aromatic nitrogens is 2. The average molecular weight is 605 g/mol. The molecule has 1 aliphatic carbocycles. The van der Waals surface area contributed by atoms with E-state index >= 15 is 0 Å². The van der Waals surface area contributed by atoms with Crippen LogP contribution in [0, 0.1) is 5.92 Å². The molecule has 1 saturated heterocycles. The van der Waals surface area contributed by atoms with Crippen molar-refractivity contribution in [1.29, 1.82) is 0 Å². The fourth-order valence-electron chi connectivity index (χ4n) is 6.12. The van der Waals surface area contributed by atoms with Crippen LogP contribution in [-0.2, 0) is 14.6 Å². The van der Waals surface area contributed by atoms with Crippen molar-refractivity contribution >= 4 is 55.7 Å². The number of likely N-dealkylation sites (tertiary alicyclic amines) is 1. The number of halogens is 2. The van der Waals surface area contributed by atoms with Crippen molar-refractivity contribution in [2.75, 3.05) is 24.7 Å². The van der Waals surface area contributed by atoms with Crippen LogP contribution in [0.4, 0.5) is 5.82 Å². The summed E-state index contributed by atoms with van der Waals surface area (Å²) in [5, 5.41) is 4.59. The van der Waals surface area contributed by atoms with Crippen LogP contribution in [-0.4, -0.2) is 77.6 Å². The zero-order chi connectivity index (χ0) is 28.6. The highest BCUT2D eigenvalue weighted by Gasteiger charge is 2.44. The summed E-state index contributed by atoms with van der Waals surface area (Å²) in [5.41, 5.74) is 0.632. The van der Waals surface area contributed by atoms with Crippen LogP contribution in [0.1, 0.15) is 39.5 Å². The second-order valence-corrected chi connectivity index (χ2v) is 14.0. The van der Waals surface area contributed by atoms with Crippen molar-refractivity contribution in [2.45, 2.75) is 68.6 Å². The summed E-state index contributed by atoms with van der Waals surface area (Å²) in [6, 6.07) is 13.8. The van der Waals surface area contributed by atoms with Gasteiger partial charge in [-0.3, -0.25) is 4.79 Å². The number of carbonyl (C=O) groups excluding carboxylic acids is 1. The molecule has 4 atom stereocenters. The maximum absolute atomic E-state index is 13.8. The molecule has 0 bridgehead atoms. The minimum atomic E-state index is -3.52. The number of hydrogen-bond acceptors (Lipinski definition) is 7. The fourth-order valence-corrected chi connectivity index (χ4v) is 8.16. The third kappa shape index (κ3) is 6.08. The van der Waals surface area contributed by atoms with Gasteiger partial charge in [-0.2, -0.15) is 0 Å². The number of carbonyl (C=O) groups is 1. The largest absolute Gasteiger partial charge is 0.358 e. The van der Waals surface area contributed by atoms with E-state index in [1.165, 1.54) is 0 Å². The summed E-state index contributed by atoms with van der Waals surface area (Å²) < 4.78 is 27.0. The Morgan fingerprint density at radius 3 is 2.55 bits per heavy atom. The Hall–Kier alpha value is -2.46. The number of amides is 1. The molecule has 0 radical (unpaired) electrons. The number of rotatable bonds is 8. The van der Waals surface area contributed by atoms with Gasteiger partial charge in [-0.05, 0) is 94.4 Å². The second-order valence-electron chi connectivity index (χ2n) is 11.2. The summed E-state index contributed by atoms with van der Waals surface area (Å²) in [5.74, 6) is 0.244. The number of sulfone groups is 1. The Morgan fingerprint density at radius 1 is 1.07 bits per heavy atom. The number of benzene rings is 2. The number of nitrogens with zero attached hydrogens (tertiary/aromatic N) is 4. The quantitative estimate of drug-likeness (QED) is 0.349. The van der Waals surface area contributed by atoms with E-state index in [-0.39, 0.29) is 34.9 Å². The van der Waals surface area contributed by atoms with Gasteiger partial charge in [0.1, 0.15) is 11.9 Å². The molecule has 1 aromatic heterocycles. The molecule has 1 aliphatic heterocycles. The Morgan fingerprint density at radius 2 is 1.82 bits per heavy atom. The number of anilines is 1. The lowest BCUT2D eigenvalue weighted by Crippen LogP contribution is -2.52. The smallest absolute Gasteiger partial charge is 0.245 e. The first-order chi connectivity index (χ1) is 19.0. The Balaban J connectivity index is 1.39. The van der Waals surface area contributed by atoms with E-state index in [2.05, 4.69) is 41.1 Å². The second kappa shape index (κ2) is 11.8. The predicted octanol–water partition coefficient (Wildman–Crippen LogP) is 5.30. The third-order valence-electron chi connectivity index (χ3n) is 8.42. The van der Waals surface area contributed by atoms with Crippen molar-refractivity contribution in [1.82, 2.24) is 19.8 Å². The van der Waals surface area contributed by atoms with Crippen LogP contribution in [0.25, 0.3) is 10.9 Å². The molecule has 1 saturated carbocycles. The molecule has 2 aliphatic rings. The van der Waals surface area contributed by atoms with Gasteiger partial charge in [0.05, 0.1) is 16.2 Å². The van der Waals surface area contributed by atoms with Crippen LogP contribution in [0.3, 0.4) is 0 Å². The van der Waals surface area contributed by atoms with Gasteiger partial charge in [0.2, 0.25) is 11.2 Å². The van der Waals surface area contributed by atoms with Gasteiger partial charge in [0, 0.05) is 35.1 Å². The van der Waals surface area contributed by atoms with Crippen LogP contribution in [0.15, 0.2) is 53.4 Å². The molecule has 40 heavy (non-hydrogen) atoms. The molecule has 11 heteroatoms. The molecule has 2 fully saturated rings. The zero-order valence-electron chi connectivity index (χ0n) is 22.9. The normalized spacial score (nSPS) is 23.9. The predicted molar refractivity (Wildman–Crippen MR) is 160 cm³/mol. The first-order valence-corrected chi connectivity index (χ1v) is 16.1. The molecular formula is C29H35Cl2N5O3S. The van der Waals surface area contributed by atoms with Crippen LogP contribution in [0.5, 0.6) is 0 Å². The van der Waals surface area contributed by atoms with Crippen LogP contribution < -0.4 is 5.32 Å². The van der Waals surface area contributed by atoms with E-state index in [0.717, 1.165) is 19.3 Å². The van der Waals surface area contributed by atoms with Crippen LogP contribution in [0.2, 0.25) is 10.3 Å². The lowest BCUT2D eigenvalue weighted by atomic mass is 9.81. The van der Waals surface area contributed by atoms with Crippen molar-refractivity contribution < 1.29 is 13.2 Å². The topological polar surface area (TPSA) is 95.5 Å². The zero-order valence-corrected chi connectivity index (χ0v) is 25.3. The van der Waals surface area contributed by atoms with Gasteiger partial charge in [-0.1, -0.05) is 29.8 Å². The molecule has 0 spiro atoms. The van der Waals surface area contributed by atoms with Crippen molar-refractivity contribution in [3.8, 4) is 0 Å². The van der Waals surface area contributed by atoms with Gasteiger partial charge in [0.15, 0.2) is 9.84 Å². The third-order valence-corrected chi connectivity index (χ3v) is 10.7. The lowest BCUT2D eigenvalue weighted by molar-refractivity contribution is -0.132. The van der Waals surface area contributed by atoms with E-state index in [0.29, 0.717) is 45.6 Å². The van der Waals surface area contributed by atoms with Crippen molar-refractivity contribution in [3.05, 3.63) is 58.8 Å². The van der Waals surface area contributed by atoms with E-state index in [1.807, 2.05) is 11.0 Å². The molecular weight excluding hydrogens is 569 g/mol. The van der Waals surface area contributed by atoms with E-state index in [4.69, 9.17) is 23.2 Å². The van der Waals surface area contributed by atoms with Gasteiger partial charge < -0.3 is 15.1 Å². The first-order valence-electron chi connectivity index (χ1n) is 13.7. The Kier molecular flexibility index (Phi) is 8.57. The standard InChI is InChI=1S/C29H35Cl2N5O3S/c1-18(2)35(3)21-10-12-26(19(15-21)17-40(38,39)22-7-5-4-6-8-22)36-14-13-25(28(36)37)32-27-23-16-20(30)9-11-24(23)33-29(31)34-27/h4-9,11,16,18-19,21,25-26H,10,12-15,17H2,1-3H3,(H,32,33,34)/t19-,21-,25+,26+/m1/s1.